The van der Waals surface area contributed by atoms with Crippen LogP contribution in [0.1, 0.15) is 37.9 Å². The van der Waals surface area contributed by atoms with Crippen LogP contribution >= 0.6 is 0 Å². The van der Waals surface area contributed by atoms with Crippen molar-refractivity contribution in [1.82, 2.24) is 14.8 Å². The summed E-state index contributed by atoms with van der Waals surface area (Å²) in [5.41, 5.74) is 2.74. The molecule has 1 aromatic heterocycles. The normalized spacial score (nSPS) is 13.3. The molecule has 160 valence electrons. The number of nitrogens with one attached hydrogen (secondary N) is 1. The van der Waals surface area contributed by atoms with Crippen LogP contribution in [0.4, 0.5) is 9.59 Å². The topological polar surface area (TPSA) is 91.9 Å². The first kappa shape index (κ1) is 21.4. The number of rotatable bonds is 5. The third-order valence-electron chi connectivity index (χ3n) is 5.00. The third-order valence-corrected chi connectivity index (χ3v) is 5.00. The number of imide groups is 1. The Hall–Kier alpha value is -3.29. The number of nitrogens with zero attached hydrogens (tertiary/aromatic N) is 2. The van der Waals surface area contributed by atoms with Crippen molar-refractivity contribution in [3.05, 3.63) is 41.7 Å². The highest BCUT2D eigenvalue weighted by Crippen LogP contribution is 2.31. The van der Waals surface area contributed by atoms with E-state index >= 15 is 0 Å². The van der Waals surface area contributed by atoms with Crippen molar-refractivity contribution >= 4 is 34.6 Å². The van der Waals surface area contributed by atoms with E-state index in [1.165, 1.54) is 18.1 Å². The van der Waals surface area contributed by atoms with Crippen molar-refractivity contribution in [2.75, 3.05) is 26.8 Å². The van der Waals surface area contributed by atoms with E-state index in [1.54, 1.807) is 6.92 Å². The summed E-state index contributed by atoms with van der Waals surface area (Å²) < 4.78 is 10.3. The van der Waals surface area contributed by atoms with Gasteiger partial charge < -0.3 is 14.5 Å². The largest absolute Gasteiger partial charge is 0.462 e. The summed E-state index contributed by atoms with van der Waals surface area (Å²) in [4.78, 5) is 43.4. The molecule has 1 aliphatic heterocycles. The number of fused-ring (bicyclic) bond motifs is 3. The van der Waals surface area contributed by atoms with E-state index in [0.29, 0.717) is 18.7 Å². The molecule has 30 heavy (non-hydrogen) atoms. The van der Waals surface area contributed by atoms with Crippen molar-refractivity contribution in [2.24, 2.45) is 0 Å². The molecular weight excluding hydrogens is 386 g/mol. The van der Waals surface area contributed by atoms with Crippen LogP contribution in [0.25, 0.3) is 16.5 Å². The second-order valence-corrected chi connectivity index (χ2v) is 7.04. The fourth-order valence-electron chi connectivity index (χ4n) is 3.39. The Kier molecular flexibility index (Phi) is 6.76. The number of urea groups is 1. The Bertz CT molecular complexity index is 978. The fourth-order valence-corrected chi connectivity index (χ4v) is 3.39. The smallest absolute Gasteiger partial charge is 0.417 e. The molecular formula is C22H27N3O5. The number of aromatic amines is 1. The second-order valence-electron chi connectivity index (χ2n) is 7.04. The number of para-hydroxylation sites is 1. The molecule has 1 aromatic carbocycles. The van der Waals surface area contributed by atoms with Crippen LogP contribution in [-0.4, -0.2) is 59.7 Å². The molecule has 8 heteroatoms. The van der Waals surface area contributed by atoms with E-state index in [1.807, 2.05) is 31.2 Å². The van der Waals surface area contributed by atoms with E-state index < -0.39 is 18.1 Å². The Morgan fingerprint density at radius 2 is 1.93 bits per heavy atom. The first-order valence-electron chi connectivity index (χ1n) is 10.2. The van der Waals surface area contributed by atoms with Crippen molar-refractivity contribution < 1.29 is 23.9 Å². The molecule has 3 rings (SSSR count). The molecule has 0 bridgehead atoms. The zero-order valence-corrected chi connectivity index (χ0v) is 17.6. The minimum atomic E-state index is -0.715. The van der Waals surface area contributed by atoms with E-state index in [0.717, 1.165) is 34.2 Å². The monoisotopic (exact) mass is 413 g/mol. The predicted molar refractivity (Wildman–Crippen MR) is 113 cm³/mol. The molecule has 2 aromatic rings. The van der Waals surface area contributed by atoms with Gasteiger partial charge in [-0.2, -0.15) is 0 Å². The van der Waals surface area contributed by atoms with E-state index in [4.69, 9.17) is 9.47 Å². The summed E-state index contributed by atoms with van der Waals surface area (Å²) in [5.74, 6) is -0.529. The van der Waals surface area contributed by atoms with Crippen LogP contribution in [-0.2, 0) is 20.7 Å². The van der Waals surface area contributed by atoms with Crippen LogP contribution < -0.4 is 0 Å². The molecule has 0 atom stereocenters. The fraction of sp³-hybridized carbons (Fsp3) is 0.409. The molecule has 0 fully saturated rings. The highest BCUT2D eigenvalue weighted by Gasteiger charge is 2.30. The molecule has 0 aliphatic carbocycles. The zero-order chi connectivity index (χ0) is 21.7. The number of aromatic nitrogens is 1. The van der Waals surface area contributed by atoms with Gasteiger partial charge in [0.15, 0.2) is 0 Å². The van der Waals surface area contributed by atoms with Gasteiger partial charge in [-0.05, 0) is 31.4 Å². The molecule has 0 saturated carbocycles. The Balaban J connectivity index is 1.92. The molecule has 8 nitrogen and oxygen atoms in total. The predicted octanol–water partition coefficient (Wildman–Crippen LogP) is 3.92. The number of benzene rings is 1. The third kappa shape index (κ3) is 4.32. The maximum Gasteiger partial charge on any atom is 0.417 e. The first-order chi connectivity index (χ1) is 14.5. The minimum absolute atomic E-state index is 0.212. The molecule has 1 aliphatic rings. The van der Waals surface area contributed by atoms with Crippen molar-refractivity contribution in [2.45, 2.75) is 33.1 Å². The number of carbonyl (C=O) groups is 3. The summed E-state index contributed by atoms with van der Waals surface area (Å²) in [6.45, 7) is 4.49. The minimum Gasteiger partial charge on any atom is -0.462 e. The van der Waals surface area contributed by atoms with Crippen LogP contribution in [0, 0.1) is 0 Å². The van der Waals surface area contributed by atoms with Crippen molar-refractivity contribution in [1.29, 1.82) is 0 Å². The van der Waals surface area contributed by atoms with Crippen molar-refractivity contribution in [3.8, 4) is 0 Å². The number of ether oxygens (including phenoxy) is 2. The van der Waals surface area contributed by atoms with Gasteiger partial charge in [-0.3, -0.25) is 4.90 Å². The molecule has 2 heterocycles. The summed E-state index contributed by atoms with van der Waals surface area (Å²) in [6.07, 6.45) is 2.87. The van der Waals surface area contributed by atoms with Crippen molar-refractivity contribution in [3.63, 3.8) is 0 Å². The lowest BCUT2D eigenvalue weighted by atomic mass is 10.0. The number of amides is 3. The Labute approximate surface area is 175 Å². The average molecular weight is 413 g/mol. The Morgan fingerprint density at radius 1 is 1.17 bits per heavy atom. The lowest BCUT2D eigenvalue weighted by Gasteiger charge is -2.23. The maximum atomic E-state index is 12.9. The van der Waals surface area contributed by atoms with Gasteiger partial charge in [0.25, 0.3) is 0 Å². The lowest BCUT2D eigenvalue weighted by Crippen LogP contribution is -2.42. The molecule has 0 saturated heterocycles. The van der Waals surface area contributed by atoms with Gasteiger partial charge in [0.05, 0.1) is 24.5 Å². The van der Waals surface area contributed by atoms with Gasteiger partial charge in [0.1, 0.15) is 0 Å². The highest BCUT2D eigenvalue weighted by molar-refractivity contribution is 6.18. The van der Waals surface area contributed by atoms with Crippen LogP contribution in [0.15, 0.2) is 30.5 Å². The van der Waals surface area contributed by atoms with Crippen LogP contribution in [0.2, 0.25) is 0 Å². The number of unbranched alkanes of at least 4 members (excludes halogenated alkanes) is 1. The van der Waals surface area contributed by atoms with Gasteiger partial charge in [0.2, 0.25) is 0 Å². The summed E-state index contributed by atoms with van der Waals surface area (Å²) >= 11 is 0. The molecule has 0 unspecified atom stereocenters. The standard InChI is InChI=1S/C22H27N3O5/c1-4-6-13-30-22(28)24(3)21(27)25-12-11-16-15-9-7-8-10-18(15)23-19(16)17(14-25)20(26)29-5-2/h7-10,14,23H,4-6,11-13H2,1-3H3. The van der Waals surface area contributed by atoms with Gasteiger partial charge >= 0.3 is 18.1 Å². The number of hydrogen-bond donors (Lipinski definition) is 1. The first-order valence-corrected chi connectivity index (χ1v) is 10.2. The summed E-state index contributed by atoms with van der Waals surface area (Å²) in [7, 11) is 1.37. The summed E-state index contributed by atoms with van der Waals surface area (Å²) in [5, 5.41) is 0.990. The van der Waals surface area contributed by atoms with E-state index in [9.17, 15) is 14.4 Å². The maximum absolute atomic E-state index is 12.9. The molecule has 1 N–H and O–H groups in total. The van der Waals surface area contributed by atoms with Gasteiger partial charge in [0, 0.05) is 30.7 Å². The second kappa shape index (κ2) is 9.47. The van der Waals surface area contributed by atoms with E-state index in [-0.39, 0.29) is 18.8 Å². The molecule has 3 amide bonds. The van der Waals surface area contributed by atoms with Gasteiger partial charge in [-0.1, -0.05) is 31.5 Å². The quantitative estimate of drug-likeness (QED) is 0.593. The Morgan fingerprint density at radius 3 is 2.67 bits per heavy atom. The van der Waals surface area contributed by atoms with E-state index in [2.05, 4.69) is 4.98 Å². The average Bonchev–Trinajstić information content (AvgIpc) is 3.00. The van der Waals surface area contributed by atoms with Gasteiger partial charge in [-0.15, -0.1) is 0 Å². The van der Waals surface area contributed by atoms with Gasteiger partial charge in [-0.25, -0.2) is 19.3 Å². The lowest BCUT2D eigenvalue weighted by molar-refractivity contribution is -0.136. The SMILES string of the molecule is CCCCOC(=O)N(C)C(=O)N1C=C(C(=O)OCC)c2[nH]c3ccccc3c2CC1. The molecule has 0 radical (unpaired) electrons. The number of esters is 1. The summed E-state index contributed by atoms with van der Waals surface area (Å²) in [6, 6.07) is 7.20. The van der Waals surface area contributed by atoms with Crippen LogP contribution in [0.3, 0.4) is 0 Å². The number of hydrogen-bond acceptors (Lipinski definition) is 5. The number of carbonyl (C=O) groups excluding carboxylic acids is 3. The zero-order valence-electron chi connectivity index (χ0n) is 17.6. The number of H-pyrrole nitrogens is 1. The van der Waals surface area contributed by atoms with Crippen LogP contribution in [0.5, 0.6) is 0 Å². The highest BCUT2D eigenvalue weighted by atomic mass is 16.6. The molecule has 0 spiro atoms.